The third kappa shape index (κ3) is 4.81. The second-order valence-electron chi connectivity index (χ2n) is 2.25. The molecule has 0 unspecified atom stereocenters. The van der Waals surface area contributed by atoms with Crippen molar-refractivity contribution in [2.75, 3.05) is 6.61 Å². The Morgan fingerprint density at radius 1 is 1.82 bits per heavy atom. The van der Waals surface area contributed by atoms with Gasteiger partial charge in [0.15, 0.2) is 6.10 Å². The third-order valence-corrected chi connectivity index (χ3v) is 1.47. The van der Waals surface area contributed by atoms with Crippen molar-refractivity contribution in [3.05, 3.63) is 11.1 Å². The maximum atomic E-state index is 10.2. The number of hydrogen-bond donors (Lipinski definition) is 1. The van der Waals surface area contributed by atoms with E-state index in [1.54, 1.807) is 6.92 Å². The summed E-state index contributed by atoms with van der Waals surface area (Å²) in [6.07, 6.45) is -0.776. The van der Waals surface area contributed by atoms with Gasteiger partial charge < -0.3 is 9.84 Å². The average molecular weight is 179 g/mol. The van der Waals surface area contributed by atoms with E-state index in [-0.39, 0.29) is 6.61 Å². The summed E-state index contributed by atoms with van der Waals surface area (Å²) in [5, 5.41) is 8.39. The number of halogens is 1. The lowest BCUT2D eigenvalue weighted by molar-refractivity contribution is -0.148. The number of carboxylic acids is 1. The smallest absolute Gasteiger partial charge is 0.332 e. The quantitative estimate of drug-likeness (QED) is 0.712. The second-order valence-corrected chi connectivity index (χ2v) is 2.47. The summed E-state index contributed by atoms with van der Waals surface area (Å²) in [5.41, 5.74) is 2.17. The molecule has 11 heavy (non-hydrogen) atoms. The lowest BCUT2D eigenvalue weighted by Crippen LogP contribution is -2.20. The lowest BCUT2D eigenvalue weighted by atomic mass is 10.3. The van der Waals surface area contributed by atoms with Crippen molar-refractivity contribution >= 4 is 17.6 Å². The molecule has 0 aliphatic rings. The molecule has 0 aromatic heterocycles. The largest absolute Gasteiger partial charge is 0.479 e. The summed E-state index contributed by atoms with van der Waals surface area (Å²) >= 11 is 5.33. The fraction of sp³-hybridized carbons (Fsp3) is 0.571. The Bertz CT molecular complexity index is 165. The van der Waals surface area contributed by atoms with Gasteiger partial charge in [0, 0.05) is 5.54 Å². The standard InChI is InChI=1S/C7H11ClO3/c1-5(3-8)4-11-6(2)7(9)10/h3,6H,4H2,1-2H3,(H,9,10)/t6-/m1/s1. The fourth-order valence-electron chi connectivity index (χ4n) is 0.359. The van der Waals surface area contributed by atoms with E-state index in [4.69, 9.17) is 21.4 Å². The van der Waals surface area contributed by atoms with Crippen LogP contribution in [0.5, 0.6) is 0 Å². The van der Waals surface area contributed by atoms with Gasteiger partial charge in [-0.05, 0) is 19.4 Å². The molecule has 0 aromatic carbocycles. The molecular weight excluding hydrogens is 168 g/mol. The highest BCUT2D eigenvalue weighted by Crippen LogP contribution is 1.99. The van der Waals surface area contributed by atoms with Gasteiger partial charge in [0.1, 0.15) is 0 Å². The van der Waals surface area contributed by atoms with Crippen LogP contribution in [0.15, 0.2) is 11.1 Å². The number of rotatable bonds is 4. The minimum absolute atomic E-state index is 0.261. The molecule has 64 valence electrons. The molecule has 4 heteroatoms. The Morgan fingerprint density at radius 2 is 2.36 bits per heavy atom. The molecular formula is C7H11ClO3. The minimum atomic E-state index is -0.965. The van der Waals surface area contributed by atoms with Crippen LogP contribution in [0, 0.1) is 0 Å². The predicted octanol–water partition coefficient (Wildman–Crippen LogP) is 1.62. The van der Waals surface area contributed by atoms with Crippen LogP contribution in [0.4, 0.5) is 0 Å². The van der Waals surface area contributed by atoms with Gasteiger partial charge in [-0.25, -0.2) is 4.79 Å². The summed E-state index contributed by atoms with van der Waals surface area (Å²) in [7, 11) is 0. The van der Waals surface area contributed by atoms with Gasteiger partial charge in [0.2, 0.25) is 0 Å². The second kappa shape index (κ2) is 5.16. The zero-order valence-electron chi connectivity index (χ0n) is 6.50. The third-order valence-electron chi connectivity index (χ3n) is 1.10. The molecule has 1 N–H and O–H groups in total. The van der Waals surface area contributed by atoms with Crippen LogP contribution in [0.2, 0.25) is 0 Å². The van der Waals surface area contributed by atoms with E-state index in [0.29, 0.717) is 0 Å². The van der Waals surface area contributed by atoms with Crippen LogP contribution in [-0.2, 0) is 9.53 Å². The summed E-state index contributed by atoms with van der Waals surface area (Å²) in [6, 6.07) is 0. The molecule has 0 bridgehead atoms. The van der Waals surface area contributed by atoms with Crippen molar-refractivity contribution < 1.29 is 14.6 Å². The minimum Gasteiger partial charge on any atom is -0.479 e. The molecule has 0 radical (unpaired) electrons. The molecule has 0 spiro atoms. The van der Waals surface area contributed by atoms with Gasteiger partial charge in [-0.3, -0.25) is 0 Å². The van der Waals surface area contributed by atoms with Crippen molar-refractivity contribution in [1.29, 1.82) is 0 Å². The van der Waals surface area contributed by atoms with E-state index < -0.39 is 12.1 Å². The number of aliphatic carboxylic acids is 1. The first-order valence-corrected chi connectivity index (χ1v) is 3.62. The van der Waals surface area contributed by atoms with Gasteiger partial charge in [0.25, 0.3) is 0 Å². The number of carboxylic acid groups (broad SMARTS) is 1. The Morgan fingerprint density at radius 3 is 2.73 bits per heavy atom. The van der Waals surface area contributed by atoms with Crippen molar-refractivity contribution in [1.82, 2.24) is 0 Å². The highest BCUT2D eigenvalue weighted by atomic mass is 35.5. The van der Waals surface area contributed by atoms with Gasteiger partial charge >= 0.3 is 5.97 Å². The first-order chi connectivity index (χ1) is 5.07. The van der Waals surface area contributed by atoms with Crippen LogP contribution in [-0.4, -0.2) is 23.8 Å². The van der Waals surface area contributed by atoms with Gasteiger partial charge in [0.05, 0.1) is 6.61 Å². The molecule has 0 aromatic rings. The van der Waals surface area contributed by atoms with Crippen LogP contribution in [0.3, 0.4) is 0 Å². The van der Waals surface area contributed by atoms with E-state index in [2.05, 4.69) is 0 Å². The van der Waals surface area contributed by atoms with Crippen LogP contribution in [0.1, 0.15) is 13.8 Å². The first kappa shape index (κ1) is 10.5. The van der Waals surface area contributed by atoms with E-state index >= 15 is 0 Å². The van der Waals surface area contributed by atoms with Crippen molar-refractivity contribution in [3.63, 3.8) is 0 Å². The van der Waals surface area contributed by atoms with Gasteiger partial charge in [-0.15, -0.1) is 0 Å². The monoisotopic (exact) mass is 178 g/mol. The van der Waals surface area contributed by atoms with E-state index in [1.165, 1.54) is 12.5 Å². The van der Waals surface area contributed by atoms with Crippen molar-refractivity contribution in [2.24, 2.45) is 0 Å². The van der Waals surface area contributed by atoms with Gasteiger partial charge in [-0.2, -0.15) is 0 Å². The highest BCUT2D eigenvalue weighted by Gasteiger charge is 2.09. The maximum absolute atomic E-state index is 10.2. The van der Waals surface area contributed by atoms with E-state index in [1.807, 2.05) is 0 Å². The average Bonchev–Trinajstić information content (AvgIpc) is 1.99. The zero-order valence-corrected chi connectivity index (χ0v) is 7.26. The molecule has 0 fully saturated rings. The van der Waals surface area contributed by atoms with E-state index in [0.717, 1.165) is 5.57 Å². The van der Waals surface area contributed by atoms with Crippen LogP contribution in [0.25, 0.3) is 0 Å². The molecule has 0 heterocycles. The molecule has 0 saturated heterocycles. The number of carbonyl (C=O) groups is 1. The number of hydrogen-bond acceptors (Lipinski definition) is 2. The zero-order chi connectivity index (χ0) is 8.85. The Balaban J connectivity index is 3.62. The molecule has 1 atom stereocenters. The molecule has 0 aliphatic heterocycles. The molecule has 0 aliphatic carbocycles. The van der Waals surface area contributed by atoms with E-state index in [9.17, 15) is 4.79 Å². The molecule has 0 saturated carbocycles. The molecule has 0 rings (SSSR count). The van der Waals surface area contributed by atoms with Gasteiger partial charge in [-0.1, -0.05) is 11.6 Å². The maximum Gasteiger partial charge on any atom is 0.332 e. The highest BCUT2D eigenvalue weighted by molar-refractivity contribution is 6.25. The summed E-state index contributed by atoms with van der Waals surface area (Å²) < 4.78 is 4.90. The predicted molar refractivity (Wildman–Crippen MR) is 42.7 cm³/mol. The molecule has 3 nitrogen and oxygen atoms in total. The summed E-state index contributed by atoms with van der Waals surface area (Å²) in [5.74, 6) is -0.965. The topological polar surface area (TPSA) is 46.5 Å². The summed E-state index contributed by atoms with van der Waals surface area (Å²) in [6.45, 7) is 3.50. The van der Waals surface area contributed by atoms with Crippen molar-refractivity contribution in [3.8, 4) is 0 Å². The Hall–Kier alpha value is -0.540. The van der Waals surface area contributed by atoms with Crippen LogP contribution < -0.4 is 0 Å². The number of ether oxygens (including phenoxy) is 1. The normalized spacial score (nSPS) is 14.6. The SMILES string of the molecule is CC(=CCl)CO[C@H](C)C(=O)O. The van der Waals surface area contributed by atoms with Crippen molar-refractivity contribution in [2.45, 2.75) is 20.0 Å². The Kier molecular flexibility index (Phi) is 4.90. The Labute approximate surface area is 70.6 Å². The van der Waals surface area contributed by atoms with Crippen LogP contribution >= 0.6 is 11.6 Å². The fourth-order valence-corrected chi connectivity index (χ4v) is 0.422. The summed E-state index contributed by atoms with van der Waals surface area (Å²) in [4.78, 5) is 10.2. The molecule has 0 amide bonds. The first-order valence-electron chi connectivity index (χ1n) is 3.18. The lowest BCUT2D eigenvalue weighted by Gasteiger charge is -2.07.